The fraction of sp³-hybridized carbons (Fsp3) is 0.143. The first-order valence-electron chi connectivity index (χ1n) is 5.94. The summed E-state index contributed by atoms with van der Waals surface area (Å²) in [6.07, 6.45) is 0.968. The van der Waals surface area contributed by atoms with E-state index >= 15 is 0 Å². The monoisotopic (exact) mass is 294 g/mol. The molecule has 1 atom stereocenters. The smallest absolute Gasteiger partial charge is 0.229 e. The third-order valence-corrected chi connectivity index (χ3v) is 3.40. The van der Waals surface area contributed by atoms with E-state index in [-0.39, 0.29) is 5.69 Å². The lowest BCUT2D eigenvalue weighted by molar-refractivity contribution is 0.603. The molecule has 2 rings (SSSR count). The first-order valence-corrected chi connectivity index (χ1v) is 7.84. The van der Waals surface area contributed by atoms with Gasteiger partial charge in [0.05, 0.1) is 18.0 Å². The normalized spacial score (nSPS) is 12.9. The summed E-state index contributed by atoms with van der Waals surface area (Å²) in [5.74, 6) is -0.653. The minimum atomic E-state index is -3.51. The summed E-state index contributed by atoms with van der Waals surface area (Å²) >= 11 is 0. The van der Waals surface area contributed by atoms with Gasteiger partial charge in [-0.3, -0.25) is 4.72 Å². The average Bonchev–Trinajstić information content (AvgIpc) is 2.40. The predicted molar refractivity (Wildman–Crippen MR) is 77.3 cm³/mol. The summed E-state index contributed by atoms with van der Waals surface area (Å²) in [6, 6.07) is 13.0. The molecule has 0 heterocycles. The Morgan fingerprint density at radius 2 is 1.75 bits per heavy atom. The molecule has 0 saturated carbocycles. The van der Waals surface area contributed by atoms with Crippen LogP contribution in [-0.4, -0.2) is 14.7 Å². The second kappa shape index (κ2) is 5.60. The molecule has 2 aromatic carbocycles. The summed E-state index contributed by atoms with van der Waals surface area (Å²) in [5, 5.41) is 0. The number of hydrogen-bond acceptors (Lipinski definition) is 3. The Morgan fingerprint density at radius 1 is 1.10 bits per heavy atom. The molecule has 3 N–H and O–H groups in total. The van der Waals surface area contributed by atoms with Crippen LogP contribution in [0.15, 0.2) is 48.5 Å². The summed E-state index contributed by atoms with van der Waals surface area (Å²) in [6.45, 7) is 0. The van der Waals surface area contributed by atoms with Gasteiger partial charge in [0.1, 0.15) is 5.82 Å². The van der Waals surface area contributed by atoms with E-state index < -0.39 is 21.9 Å². The van der Waals surface area contributed by atoms with Crippen LogP contribution in [0.5, 0.6) is 0 Å². The first-order chi connectivity index (χ1) is 9.37. The van der Waals surface area contributed by atoms with E-state index in [1.165, 1.54) is 12.1 Å². The van der Waals surface area contributed by atoms with E-state index in [0.717, 1.165) is 11.8 Å². The minimum Gasteiger partial charge on any atom is -0.320 e. The molecule has 0 saturated heterocycles. The average molecular weight is 294 g/mol. The maximum absolute atomic E-state index is 13.9. The molecule has 0 fully saturated rings. The minimum absolute atomic E-state index is 0.0866. The van der Waals surface area contributed by atoms with Gasteiger partial charge in [0, 0.05) is 0 Å². The zero-order chi connectivity index (χ0) is 14.8. The highest BCUT2D eigenvalue weighted by Crippen LogP contribution is 2.24. The molecular formula is C14H15FN2O2S. The molecule has 0 aliphatic rings. The Bertz CT molecular complexity index is 702. The molecule has 0 aliphatic heterocycles. The Kier molecular flexibility index (Phi) is 4.06. The second-order valence-corrected chi connectivity index (χ2v) is 6.25. The van der Waals surface area contributed by atoms with Crippen molar-refractivity contribution < 1.29 is 12.8 Å². The number of benzene rings is 2. The van der Waals surface area contributed by atoms with Crippen molar-refractivity contribution in [1.29, 1.82) is 0 Å². The maximum Gasteiger partial charge on any atom is 0.229 e. The number of halogens is 1. The van der Waals surface area contributed by atoms with Gasteiger partial charge < -0.3 is 5.73 Å². The van der Waals surface area contributed by atoms with Crippen LogP contribution in [-0.2, 0) is 10.0 Å². The Hall–Kier alpha value is -1.92. The summed E-state index contributed by atoms with van der Waals surface area (Å²) in [7, 11) is -3.51. The predicted octanol–water partition coefficient (Wildman–Crippen LogP) is 2.25. The highest BCUT2D eigenvalue weighted by atomic mass is 32.2. The van der Waals surface area contributed by atoms with Gasteiger partial charge in [-0.1, -0.05) is 36.4 Å². The lowest BCUT2D eigenvalue weighted by atomic mass is 9.99. The van der Waals surface area contributed by atoms with E-state index in [4.69, 9.17) is 5.73 Å². The van der Waals surface area contributed by atoms with Crippen LogP contribution in [0.4, 0.5) is 10.1 Å². The van der Waals surface area contributed by atoms with Crippen molar-refractivity contribution in [3.05, 3.63) is 65.5 Å². The largest absolute Gasteiger partial charge is 0.320 e. The van der Waals surface area contributed by atoms with E-state index in [2.05, 4.69) is 4.72 Å². The quantitative estimate of drug-likeness (QED) is 0.908. The third-order valence-electron chi connectivity index (χ3n) is 2.81. The molecule has 1 unspecified atom stereocenters. The van der Waals surface area contributed by atoms with Gasteiger partial charge in [-0.2, -0.15) is 0 Å². The number of anilines is 1. The van der Waals surface area contributed by atoms with Crippen molar-refractivity contribution in [1.82, 2.24) is 0 Å². The SMILES string of the molecule is CS(=O)(=O)Nc1ccc(C(N)c2ccccc2)cc1F. The van der Waals surface area contributed by atoms with Gasteiger partial charge in [0.25, 0.3) is 0 Å². The molecule has 4 nitrogen and oxygen atoms in total. The summed E-state index contributed by atoms with van der Waals surface area (Å²) in [5.41, 5.74) is 7.40. The summed E-state index contributed by atoms with van der Waals surface area (Å²) in [4.78, 5) is 0. The molecular weight excluding hydrogens is 279 g/mol. The molecule has 0 aromatic heterocycles. The summed E-state index contributed by atoms with van der Waals surface area (Å²) < 4.78 is 38.2. The van der Waals surface area contributed by atoms with E-state index in [0.29, 0.717) is 5.56 Å². The molecule has 0 radical (unpaired) electrons. The lowest BCUT2D eigenvalue weighted by Gasteiger charge is -2.14. The van der Waals surface area contributed by atoms with Gasteiger partial charge in [-0.25, -0.2) is 12.8 Å². The highest BCUT2D eigenvalue weighted by molar-refractivity contribution is 7.92. The molecule has 0 aliphatic carbocycles. The standard InChI is InChI=1S/C14H15FN2O2S/c1-20(18,19)17-13-8-7-11(9-12(13)15)14(16)10-5-3-2-4-6-10/h2-9,14,17H,16H2,1H3. The van der Waals surface area contributed by atoms with Crippen molar-refractivity contribution in [3.8, 4) is 0 Å². The zero-order valence-corrected chi connectivity index (χ0v) is 11.7. The van der Waals surface area contributed by atoms with E-state index in [9.17, 15) is 12.8 Å². The lowest BCUT2D eigenvalue weighted by Crippen LogP contribution is -2.14. The molecule has 0 amide bonds. The topological polar surface area (TPSA) is 72.2 Å². The fourth-order valence-corrected chi connectivity index (χ4v) is 2.43. The molecule has 2 aromatic rings. The molecule has 106 valence electrons. The van der Waals surface area contributed by atoms with Crippen LogP contribution in [0.2, 0.25) is 0 Å². The second-order valence-electron chi connectivity index (χ2n) is 4.50. The van der Waals surface area contributed by atoms with Gasteiger partial charge >= 0.3 is 0 Å². The van der Waals surface area contributed by atoms with Crippen molar-refractivity contribution >= 4 is 15.7 Å². The van der Waals surface area contributed by atoms with Gasteiger partial charge in [0.2, 0.25) is 10.0 Å². The molecule has 20 heavy (non-hydrogen) atoms. The Balaban J connectivity index is 2.30. The van der Waals surface area contributed by atoms with Gasteiger partial charge in [0.15, 0.2) is 0 Å². The number of rotatable bonds is 4. The van der Waals surface area contributed by atoms with Crippen molar-refractivity contribution in [3.63, 3.8) is 0 Å². The van der Waals surface area contributed by atoms with Crippen molar-refractivity contribution in [2.24, 2.45) is 5.73 Å². The zero-order valence-electron chi connectivity index (χ0n) is 10.9. The van der Waals surface area contributed by atoms with E-state index in [1.54, 1.807) is 6.07 Å². The van der Waals surface area contributed by atoms with Crippen LogP contribution in [0, 0.1) is 5.82 Å². The number of nitrogens with one attached hydrogen (secondary N) is 1. The Morgan fingerprint density at radius 3 is 2.30 bits per heavy atom. The molecule has 6 heteroatoms. The molecule has 0 bridgehead atoms. The van der Waals surface area contributed by atoms with Crippen LogP contribution in [0.3, 0.4) is 0 Å². The van der Waals surface area contributed by atoms with E-state index in [1.807, 2.05) is 30.3 Å². The van der Waals surface area contributed by atoms with Crippen LogP contribution >= 0.6 is 0 Å². The van der Waals surface area contributed by atoms with Gasteiger partial charge in [-0.05, 0) is 23.3 Å². The van der Waals surface area contributed by atoms with Crippen molar-refractivity contribution in [2.75, 3.05) is 11.0 Å². The van der Waals surface area contributed by atoms with Crippen LogP contribution < -0.4 is 10.5 Å². The first kappa shape index (κ1) is 14.5. The number of nitrogens with two attached hydrogens (primary N) is 1. The maximum atomic E-state index is 13.9. The fourth-order valence-electron chi connectivity index (χ4n) is 1.86. The third kappa shape index (κ3) is 3.55. The highest BCUT2D eigenvalue weighted by Gasteiger charge is 2.13. The molecule has 0 spiro atoms. The van der Waals surface area contributed by atoms with Gasteiger partial charge in [-0.15, -0.1) is 0 Å². The Labute approximate surface area is 117 Å². The number of hydrogen-bond donors (Lipinski definition) is 2. The van der Waals surface area contributed by atoms with Crippen LogP contribution in [0.1, 0.15) is 17.2 Å². The van der Waals surface area contributed by atoms with Crippen LogP contribution in [0.25, 0.3) is 0 Å². The number of sulfonamides is 1. The van der Waals surface area contributed by atoms with Crippen molar-refractivity contribution in [2.45, 2.75) is 6.04 Å².